The molecule has 2 aromatic rings. The lowest BCUT2D eigenvalue weighted by atomic mass is 10.3. The summed E-state index contributed by atoms with van der Waals surface area (Å²) in [6.07, 6.45) is 3.32. The molecule has 0 amide bonds. The van der Waals surface area contributed by atoms with Gasteiger partial charge < -0.3 is 10.5 Å². The van der Waals surface area contributed by atoms with Crippen molar-refractivity contribution in [3.8, 4) is 11.5 Å². The molecule has 4 nitrogen and oxygen atoms in total. The van der Waals surface area contributed by atoms with E-state index in [2.05, 4.69) is 5.10 Å². The predicted molar refractivity (Wildman–Crippen MR) is 63.5 cm³/mol. The van der Waals surface area contributed by atoms with E-state index in [1.165, 1.54) is 6.07 Å². The van der Waals surface area contributed by atoms with Gasteiger partial charge in [-0.3, -0.25) is 4.68 Å². The Balaban J connectivity index is 2.22. The Bertz CT molecular complexity index is 522. The minimum absolute atomic E-state index is 0.00444. The van der Waals surface area contributed by atoms with Gasteiger partial charge in [-0.25, -0.2) is 4.39 Å². The lowest BCUT2D eigenvalue weighted by molar-refractivity contribution is 0.475. The first-order valence-electron chi connectivity index (χ1n) is 5.34. The van der Waals surface area contributed by atoms with Gasteiger partial charge in [0.25, 0.3) is 0 Å². The van der Waals surface area contributed by atoms with Crippen molar-refractivity contribution in [2.24, 2.45) is 0 Å². The fourth-order valence-corrected chi connectivity index (χ4v) is 1.39. The summed E-state index contributed by atoms with van der Waals surface area (Å²) < 4.78 is 20.4. The first-order valence-corrected chi connectivity index (χ1v) is 5.34. The first kappa shape index (κ1) is 11.4. The van der Waals surface area contributed by atoms with Crippen LogP contribution in [0.3, 0.4) is 0 Å². The van der Waals surface area contributed by atoms with E-state index in [-0.39, 0.29) is 11.7 Å². The molecule has 1 aromatic carbocycles. The largest absolute Gasteiger partial charge is 0.452 e. The standard InChI is InChI=1S/C12H14FN3O/c1-8(2)16-7-9(6-15-16)17-11-5-3-4-10(13)12(11)14/h3-8H,14H2,1-2H3. The Labute approximate surface area is 98.8 Å². The molecule has 1 aromatic heterocycles. The van der Waals surface area contributed by atoms with Crippen LogP contribution in [0.5, 0.6) is 11.5 Å². The molecule has 2 N–H and O–H groups in total. The number of hydrogen-bond acceptors (Lipinski definition) is 3. The second-order valence-electron chi connectivity index (χ2n) is 4.00. The molecule has 0 spiro atoms. The zero-order valence-electron chi connectivity index (χ0n) is 9.72. The summed E-state index contributed by atoms with van der Waals surface area (Å²) in [7, 11) is 0. The van der Waals surface area contributed by atoms with Crippen molar-refractivity contribution >= 4 is 5.69 Å². The molecule has 2 rings (SSSR count). The molecule has 17 heavy (non-hydrogen) atoms. The molecule has 0 aliphatic carbocycles. The van der Waals surface area contributed by atoms with Crippen LogP contribution >= 0.6 is 0 Å². The van der Waals surface area contributed by atoms with Gasteiger partial charge >= 0.3 is 0 Å². The van der Waals surface area contributed by atoms with Gasteiger partial charge in [0, 0.05) is 6.04 Å². The van der Waals surface area contributed by atoms with Gasteiger partial charge in [-0.15, -0.1) is 0 Å². The summed E-state index contributed by atoms with van der Waals surface area (Å²) in [5.41, 5.74) is 5.57. The number of para-hydroxylation sites is 1. The highest BCUT2D eigenvalue weighted by Gasteiger charge is 2.08. The molecule has 0 saturated heterocycles. The molecule has 0 aliphatic heterocycles. The fraction of sp³-hybridized carbons (Fsp3) is 0.250. The highest BCUT2D eigenvalue weighted by Crippen LogP contribution is 2.29. The Hall–Kier alpha value is -2.04. The molecule has 90 valence electrons. The summed E-state index contributed by atoms with van der Waals surface area (Å²) in [4.78, 5) is 0. The monoisotopic (exact) mass is 235 g/mol. The van der Waals surface area contributed by atoms with Gasteiger partial charge in [-0.05, 0) is 26.0 Å². The van der Waals surface area contributed by atoms with Gasteiger partial charge in [0.05, 0.1) is 12.4 Å². The molecular formula is C12H14FN3O. The van der Waals surface area contributed by atoms with Crippen LogP contribution in [0.15, 0.2) is 30.6 Å². The van der Waals surface area contributed by atoms with E-state index in [9.17, 15) is 4.39 Å². The summed E-state index contributed by atoms with van der Waals surface area (Å²) >= 11 is 0. The van der Waals surface area contributed by atoms with E-state index in [0.29, 0.717) is 11.5 Å². The summed E-state index contributed by atoms with van der Waals surface area (Å²) in [5.74, 6) is 0.350. The van der Waals surface area contributed by atoms with E-state index in [4.69, 9.17) is 10.5 Å². The van der Waals surface area contributed by atoms with Crippen LogP contribution < -0.4 is 10.5 Å². The van der Waals surface area contributed by atoms with Crippen molar-refractivity contribution in [3.63, 3.8) is 0 Å². The van der Waals surface area contributed by atoms with Crippen molar-refractivity contribution < 1.29 is 9.13 Å². The number of nitrogen functional groups attached to an aromatic ring is 1. The number of halogens is 1. The third-order valence-electron chi connectivity index (χ3n) is 2.35. The van der Waals surface area contributed by atoms with Crippen LogP contribution in [0.4, 0.5) is 10.1 Å². The minimum atomic E-state index is -0.487. The maximum atomic E-state index is 13.2. The van der Waals surface area contributed by atoms with Gasteiger partial charge in [0.15, 0.2) is 11.5 Å². The number of anilines is 1. The van der Waals surface area contributed by atoms with E-state index in [1.54, 1.807) is 29.2 Å². The molecule has 5 heteroatoms. The van der Waals surface area contributed by atoms with E-state index >= 15 is 0 Å². The number of nitrogens with zero attached hydrogens (tertiary/aromatic N) is 2. The third-order valence-corrected chi connectivity index (χ3v) is 2.35. The van der Waals surface area contributed by atoms with Crippen LogP contribution in [0.1, 0.15) is 19.9 Å². The van der Waals surface area contributed by atoms with Gasteiger partial charge in [0.2, 0.25) is 0 Å². The lowest BCUT2D eigenvalue weighted by Crippen LogP contribution is -1.99. The lowest BCUT2D eigenvalue weighted by Gasteiger charge is -2.07. The highest BCUT2D eigenvalue weighted by molar-refractivity contribution is 5.54. The second-order valence-corrected chi connectivity index (χ2v) is 4.00. The maximum absolute atomic E-state index is 13.2. The van der Waals surface area contributed by atoms with Crippen LogP contribution in [0.2, 0.25) is 0 Å². The van der Waals surface area contributed by atoms with Gasteiger partial charge in [0.1, 0.15) is 11.5 Å². The highest BCUT2D eigenvalue weighted by atomic mass is 19.1. The third kappa shape index (κ3) is 2.38. The molecule has 1 heterocycles. The van der Waals surface area contributed by atoms with Crippen LogP contribution in [0, 0.1) is 5.82 Å². The molecule has 0 unspecified atom stereocenters. The summed E-state index contributed by atoms with van der Waals surface area (Å²) in [5, 5.41) is 4.12. The molecule has 0 saturated carbocycles. The van der Waals surface area contributed by atoms with Gasteiger partial charge in [-0.2, -0.15) is 5.10 Å². The normalized spacial score (nSPS) is 10.8. The Kier molecular flexibility index (Phi) is 2.99. The van der Waals surface area contributed by atoms with E-state index in [1.807, 2.05) is 13.8 Å². The molecule has 0 fully saturated rings. The Morgan fingerprint density at radius 3 is 2.82 bits per heavy atom. The summed E-state index contributed by atoms with van der Waals surface area (Å²) in [6, 6.07) is 4.70. The van der Waals surface area contributed by atoms with Gasteiger partial charge in [-0.1, -0.05) is 6.07 Å². The number of aromatic nitrogens is 2. The average Bonchev–Trinajstić information content (AvgIpc) is 2.73. The molecule has 0 aliphatic rings. The molecule has 0 bridgehead atoms. The first-order chi connectivity index (χ1) is 8.08. The smallest absolute Gasteiger partial charge is 0.165 e. The number of nitrogens with two attached hydrogens (primary N) is 1. The topological polar surface area (TPSA) is 53.1 Å². The Morgan fingerprint density at radius 2 is 2.18 bits per heavy atom. The maximum Gasteiger partial charge on any atom is 0.165 e. The van der Waals surface area contributed by atoms with Crippen LogP contribution in [-0.4, -0.2) is 9.78 Å². The molecule has 0 atom stereocenters. The summed E-state index contributed by atoms with van der Waals surface area (Å²) in [6.45, 7) is 4.01. The second kappa shape index (κ2) is 4.45. The van der Waals surface area contributed by atoms with Crippen molar-refractivity contribution in [1.29, 1.82) is 0 Å². The average molecular weight is 235 g/mol. The zero-order chi connectivity index (χ0) is 12.4. The minimum Gasteiger partial charge on any atom is -0.452 e. The van der Waals surface area contributed by atoms with E-state index in [0.717, 1.165) is 0 Å². The van der Waals surface area contributed by atoms with Crippen molar-refractivity contribution in [3.05, 3.63) is 36.4 Å². The van der Waals surface area contributed by atoms with Crippen LogP contribution in [0.25, 0.3) is 0 Å². The number of benzene rings is 1. The number of ether oxygens (including phenoxy) is 1. The molecule has 0 radical (unpaired) electrons. The van der Waals surface area contributed by atoms with Crippen LogP contribution in [-0.2, 0) is 0 Å². The number of hydrogen-bond donors (Lipinski definition) is 1. The zero-order valence-corrected chi connectivity index (χ0v) is 9.72. The fourth-order valence-electron chi connectivity index (χ4n) is 1.39. The Morgan fingerprint density at radius 1 is 1.41 bits per heavy atom. The van der Waals surface area contributed by atoms with E-state index < -0.39 is 5.82 Å². The molecular weight excluding hydrogens is 221 g/mol. The van der Waals surface area contributed by atoms with Crippen molar-refractivity contribution in [1.82, 2.24) is 9.78 Å². The van der Waals surface area contributed by atoms with Crippen molar-refractivity contribution in [2.45, 2.75) is 19.9 Å². The quantitative estimate of drug-likeness (QED) is 0.832. The predicted octanol–water partition coefficient (Wildman–Crippen LogP) is 2.98. The van der Waals surface area contributed by atoms with Crippen molar-refractivity contribution in [2.75, 3.05) is 5.73 Å². The SMILES string of the molecule is CC(C)n1cc(Oc2cccc(F)c2N)cn1. The number of rotatable bonds is 3.